The van der Waals surface area contributed by atoms with Crippen LogP contribution in [0.1, 0.15) is 23.8 Å². The zero-order chi connectivity index (χ0) is 14.4. The van der Waals surface area contributed by atoms with Gasteiger partial charge >= 0.3 is 0 Å². The molecular weight excluding hydrogens is 316 g/mol. The van der Waals surface area contributed by atoms with Crippen molar-refractivity contribution in [2.45, 2.75) is 26.6 Å². The van der Waals surface area contributed by atoms with E-state index in [0.717, 1.165) is 36.4 Å². The molecule has 0 bridgehead atoms. The van der Waals surface area contributed by atoms with Gasteiger partial charge < -0.3 is 9.73 Å². The van der Waals surface area contributed by atoms with Gasteiger partial charge in [0, 0.05) is 23.1 Å². The summed E-state index contributed by atoms with van der Waals surface area (Å²) in [5.74, 6) is 1.05. The highest BCUT2D eigenvalue weighted by Crippen LogP contribution is 2.15. The number of nitrogens with zero attached hydrogens (tertiary/aromatic N) is 1. The Labute approximate surface area is 129 Å². The van der Waals surface area contributed by atoms with Crippen LogP contribution in [0.5, 0.6) is 0 Å². The molecule has 0 fully saturated rings. The summed E-state index contributed by atoms with van der Waals surface area (Å²) < 4.78 is 6.71. The first-order valence-corrected chi connectivity index (χ1v) is 7.67. The number of rotatable bonds is 7. The lowest BCUT2D eigenvalue weighted by Crippen LogP contribution is -2.19. The third-order valence-corrected chi connectivity index (χ3v) is 3.71. The Morgan fingerprint density at radius 1 is 1.15 bits per heavy atom. The first-order valence-electron chi connectivity index (χ1n) is 6.88. The third-order valence-electron chi connectivity index (χ3n) is 3.18. The van der Waals surface area contributed by atoms with Crippen molar-refractivity contribution in [2.24, 2.45) is 0 Å². The zero-order valence-corrected chi connectivity index (χ0v) is 13.6. The molecule has 20 heavy (non-hydrogen) atoms. The molecular formula is C16H21BrN2O. The van der Waals surface area contributed by atoms with E-state index in [1.165, 1.54) is 11.1 Å². The lowest BCUT2D eigenvalue weighted by molar-refractivity contribution is 0.286. The van der Waals surface area contributed by atoms with Gasteiger partial charge in [0.2, 0.25) is 0 Å². The Kier molecular flexibility index (Phi) is 5.83. The molecule has 0 spiro atoms. The molecule has 0 radical (unpaired) electrons. The summed E-state index contributed by atoms with van der Waals surface area (Å²) >= 11 is 3.46. The first-order chi connectivity index (χ1) is 9.69. The van der Waals surface area contributed by atoms with Gasteiger partial charge in [-0.3, -0.25) is 4.90 Å². The van der Waals surface area contributed by atoms with E-state index in [0.29, 0.717) is 0 Å². The van der Waals surface area contributed by atoms with E-state index in [1.807, 2.05) is 6.07 Å². The zero-order valence-electron chi connectivity index (χ0n) is 12.0. The topological polar surface area (TPSA) is 28.4 Å². The Hall–Kier alpha value is -1.10. The van der Waals surface area contributed by atoms with Gasteiger partial charge in [-0.1, -0.05) is 35.0 Å². The number of benzene rings is 1. The van der Waals surface area contributed by atoms with Gasteiger partial charge in [0.15, 0.2) is 0 Å². The van der Waals surface area contributed by atoms with Crippen LogP contribution in [0, 0.1) is 0 Å². The van der Waals surface area contributed by atoms with Crippen molar-refractivity contribution in [1.82, 2.24) is 10.2 Å². The van der Waals surface area contributed by atoms with Crippen LogP contribution in [0.4, 0.5) is 0 Å². The van der Waals surface area contributed by atoms with Crippen LogP contribution in [0.2, 0.25) is 0 Å². The summed E-state index contributed by atoms with van der Waals surface area (Å²) in [6.07, 6.45) is 1.77. The molecule has 1 heterocycles. The van der Waals surface area contributed by atoms with Gasteiger partial charge in [-0.15, -0.1) is 0 Å². The summed E-state index contributed by atoms with van der Waals surface area (Å²) in [7, 11) is 2.11. The maximum atomic E-state index is 5.60. The summed E-state index contributed by atoms with van der Waals surface area (Å²) in [6, 6.07) is 10.5. The van der Waals surface area contributed by atoms with Gasteiger partial charge in [0.25, 0.3) is 0 Å². The van der Waals surface area contributed by atoms with Crippen LogP contribution in [-0.4, -0.2) is 18.5 Å². The molecule has 3 nitrogen and oxygen atoms in total. The van der Waals surface area contributed by atoms with Crippen LogP contribution in [0.15, 0.2) is 45.5 Å². The number of hydrogen-bond donors (Lipinski definition) is 1. The summed E-state index contributed by atoms with van der Waals surface area (Å²) in [5.41, 5.74) is 2.55. The molecule has 108 valence electrons. The Morgan fingerprint density at radius 3 is 2.60 bits per heavy atom. The van der Waals surface area contributed by atoms with Crippen LogP contribution < -0.4 is 5.32 Å². The minimum atomic E-state index is 0.823. The van der Waals surface area contributed by atoms with Crippen molar-refractivity contribution in [3.63, 3.8) is 0 Å². The quantitative estimate of drug-likeness (QED) is 0.833. The van der Waals surface area contributed by atoms with Gasteiger partial charge in [-0.05, 0) is 37.4 Å². The van der Waals surface area contributed by atoms with Gasteiger partial charge in [-0.2, -0.15) is 0 Å². The minimum Gasteiger partial charge on any atom is -0.468 e. The van der Waals surface area contributed by atoms with E-state index in [4.69, 9.17) is 4.42 Å². The fraction of sp³-hybridized carbons (Fsp3) is 0.375. The summed E-state index contributed by atoms with van der Waals surface area (Å²) in [5, 5.41) is 3.34. The highest BCUT2D eigenvalue weighted by molar-refractivity contribution is 9.10. The number of halogens is 1. The number of furan rings is 1. The second-order valence-electron chi connectivity index (χ2n) is 4.95. The van der Waals surface area contributed by atoms with Gasteiger partial charge in [0.05, 0.1) is 12.8 Å². The highest BCUT2D eigenvalue weighted by Gasteiger charge is 2.09. The SMILES string of the molecule is CCNCc1ccoc1CN(C)Cc1ccc(Br)cc1. The highest BCUT2D eigenvalue weighted by atomic mass is 79.9. The molecule has 4 heteroatoms. The summed E-state index contributed by atoms with van der Waals surface area (Å²) in [4.78, 5) is 2.26. The second-order valence-corrected chi connectivity index (χ2v) is 5.86. The molecule has 0 atom stereocenters. The van der Waals surface area contributed by atoms with E-state index in [1.54, 1.807) is 6.26 Å². The molecule has 0 saturated heterocycles. The average Bonchev–Trinajstić information content (AvgIpc) is 2.86. The van der Waals surface area contributed by atoms with Crippen molar-refractivity contribution >= 4 is 15.9 Å². The van der Waals surface area contributed by atoms with Crippen molar-refractivity contribution < 1.29 is 4.42 Å². The van der Waals surface area contributed by atoms with E-state index >= 15 is 0 Å². The van der Waals surface area contributed by atoms with Crippen LogP contribution in [0.25, 0.3) is 0 Å². The fourth-order valence-electron chi connectivity index (χ4n) is 2.13. The monoisotopic (exact) mass is 336 g/mol. The van der Waals surface area contributed by atoms with Crippen LogP contribution in [-0.2, 0) is 19.6 Å². The average molecular weight is 337 g/mol. The normalized spacial score (nSPS) is 11.2. The molecule has 2 aromatic rings. The van der Waals surface area contributed by atoms with E-state index in [-0.39, 0.29) is 0 Å². The third kappa shape index (κ3) is 4.47. The van der Waals surface area contributed by atoms with Crippen molar-refractivity contribution in [3.8, 4) is 0 Å². The molecule has 0 aliphatic rings. The fourth-order valence-corrected chi connectivity index (χ4v) is 2.39. The number of hydrogen-bond acceptors (Lipinski definition) is 3. The molecule has 0 aliphatic carbocycles. The predicted molar refractivity (Wildman–Crippen MR) is 85.4 cm³/mol. The predicted octanol–water partition coefficient (Wildman–Crippen LogP) is 3.78. The molecule has 0 amide bonds. The standard InChI is InChI=1S/C16H21BrN2O/c1-3-18-10-14-8-9-20-16(14)12-19(2)11-13-4-6-15(17)7-5-13/h4-9,18H,3,10-12H2,1-2H3. The van der Waals surface area contributed by atoms with Crippen LogP contribution in [0.3, 0.4) is 0 Å². The van der Waals surface area contributed by atoms with Crippen molar-refractivity contribution in [3.05, 3.63) is 58.0 Å². The summed E-state index contributed by atoms with van der Waals surface area (Å²) in [6.45, 7) is 5.69. The van der Waals surface area contributed by atoms with Crippen molar-refractivity contribution in [1.29, 1.82) is 0 Å². The lowest BCUT2D eigenvalue weighted by atomic mass is 10.2. The Balaban J connectivity index is 1.92. The van der Waals surface area contributed by atoms with Crippen LogP contribution >= 0.6 is 15.9 Å². The van der Waals surface area contributed by atoms with Crippen molar-refractivity contribution in [2.75, 3.05) is 13.6 Å². The Bertz CT molecular complexity index is 522. The smallest absolute Gasteiger partial charge is 0.122 e. The molecule has 1 N–H and O–H groups in total. The van der Waals surface area contributed by atoms with Gasteiger partial charge in [-0.25, -0.2) is 0 Å². The molecule has 1 aromatic carbocycles. The molecule has 0 unspecified atom stereocenters. The van der Waals surface area contributed by atoms with Gasteiger partial charge in [0.1, 0.15) is 5.76 Å². The van der Waals surface area contributed by atoms with E-state index < -0.39 is 0 Å². The lowest BCUT2D eigenvalue weighted by Gasteiger charge is -2.16. The first kappa shape index (κ1) is 15.3. The largest absolute Gasteiger partial charge is 0.468 e. The molecule has 0 aliphatic heterocycles. The maximum Gasteiger partial charge on any atom is 0.122 e. The maximum absolute atomic E-state index is 5.60. The molecule has 0 saturated carbocycles. The second kappa shape index (κ2) is 7.62. The van der Waals surface area contributed by atoms with E-state index in [9.17, 15) is 0 Å². The number of nitrogens with one attached hydrogen (secondary N) is 1. The molecule has 1 aromatic heterocycles. The minimum absolute atomic E-state index is 0.823. The Morgan fingerprint density at radius 2 is 1.90 bits per heavy atom. The molecule has 2 rings (SSSR count). The van der Waals surface area contributed by atoms with E-state index in [2.05, 4.69) is 64.4 Å².